The van der Waals surface area contributed by atoms with E-state index in [2.05, 4.69) is 15.3 Å². The van der Waals surface area contributed by atoms with E-state index in [0.29, 0.717) is 16.5 Å². The van der Waals surface area contributed by atoms with Crippen molar-refractivity contribution in [1.29, 1.82) is 0 Å². The lowest BCUT2D eigenvalue weighted by Crippen LogP contribution is -2.07. The lowest BCUT2D eigenvalue weighted by atomic mass is 10.3. The third-order valence-electron chi connectivity index (χ3n) is 2.67. The number of aromatic nitrogens is 2. The molecule has 8 nitrogen and oxygen atoms in total. The van der Waals surface area contributed by atoms with Gasteiger partial charge in [0, 0.05) is 11.8 Å². The van der Waals surface area contributed by atoms with Gasteiger partial charge in [-0.15, -0.1) is 0 Å². The van der Waals surface area contributed by atoms with Crippen LogP contribution in [0.25, 0.3) is 0 Å². The van der Waals surface area contributed by atoms with Crippen LogP contribution in [0.3, 0.4) is 0 Å². The number of ether oxygens (including phenoxy) is 1. The number of methoxy groups -OCH3 is 1. The van der Waals surface area contributed by atoms with Crippen LogP contribution < -0.4 is 15.8 Å². The number of benzene rings is 1. The van der Waals surface area contributed by atoms with Gasteiger partial charge >= 0.3 is 5.69 Å². The van der Waals surface area contributed by atoms with E-state index in [0.717, 1.165) is 0 Å². The van der Waals surface area contributed by atoms with Crippen molar-refractivity contribution in [3.63, 3.8) is 0 Å². The summed E-state index contributed by atoms with van der Waals surface area (Å²) in [4.78, 5) is 18.2. The van der Waals surface area contributed by atoms with E-state index >= 15 is 0 Å². The van der Waals surface area contributed by atoms with E-state index in [-0.39, 0.29) is 23.1 Å². The van der Waals surface area contributed by atoms with E-state index in [1.165, 1.54) is 14.0 Å². The summed E-state index contributed by atoms with van der Waals surface area (Å²) in [6.45, 7) is 1.49. The van der Waals surface area contributed by atoms with Crippen LogP contribution >= 0.6 is 11.6 Å². The zero-order chi connectivity index (χ0) is 15.6. The minimum atomic E-state index is -0.565. The van der Waals surface area contributed by atoms with Crippen molar-refractivity contribution in [2.45, 2.75) is 6.92 Å². The Morgan fingerprint density at radius 3 is 2.76 bits per heavy atom. The second-order valence-corrected chi connectivity index (χ2v) is 4.50. The molecule has 0 amide bonds. The predicted octanol–water partition coefficient (Wildman–Crippen LogP) is 2.68. The number of anilines is 3. The lowest BCUT2D eigenvalue weighted by molar-refractivity contribution is -0.385. The van der Waals surface area contributed by atoms with Crippen LogP contribution in [0.15, 0.2) is 18.2 Å². The molecule has 0 aliphatic carbocycles. The van der Waals surface area contributed by atoms with Gasteiger partial charge in [0.15, 0.2) is 0 Å². The summed E-state index contributed by atoms with van der Waals surface area (Å²) in [7, 11) is 1.47. The fourth-order valence-corrected chi connectivity index (χ4v) is 1.96. The second kappa shape index (κ2) is 5.80. The molecule has 0 unspecified atom stereocenters. The molecule has 0 aliphatic rings. The van der Waals surface area contributed by atoms with Crippen LogP contribution in [-0.4, -0.2) is 22.0 Å². The van der Waals surface area contributed by atoms with E-state index in [9.17, 15) is 10.1 Å². The number of aryl methyl sites for hydroxylation is 1. The van der Waals surface area contributed by atoms with E-state index < -0.39 is 4.92 Å². The Labute approximate surface area is 125 Å². The zero-order valence-corrected chi connectivity index (χ0v) is 12.0. The first-order valence-corrected chi connectivity index (χ1v) is 6.19. The monoisotopic (exact) mass is 309 g/mol. The summed E-state index contributed by atoms with van der Waals surface area (Å²) in [5, 5.41) is 14.4. The van der Waals surface area contributed by atoms with Crippen molar-refractivity contribution < 1.29 is 9.66 Å². The van der Waals surface area contributed by atoms with Gasteiger partial charge in [0.25, 0.3) is 0 Å². The molecule has 9 heteroatoms. The molecular formula is C12H12ClN5O3. The summed E-state index contributed by atoms with van der Waals surface area (Å²) in [5.41, 5.74) is 6.00. The molecule has 1 aromatic carbocycles. The van der Waals surface area contributed by atoms with Crippen LogP contribution in [0.4, 0.5) is 23.1 Å². The fraction of sp³-hybridized carbons (Fsp3) is 0.167. The van der Waals surface area contributed by atoms with Crippen molar-refractivity contribution in [2.75, 3.05) is 18.2 Å². The highest BCUT2D eigenvalue weighted by Gasteiger charge is 2.21. The number of nitrogen functional groups attached to an aromatic ring is 1. The normalized spacial score (nSPS) is 10.2. The third kappa shape index (κ3) is 3.11. The van der Waals surface area contributed by atoms with Crippen LogP contribution in [0.2, 0.25) is 5.02 Å². The average Bonchev–Trinajstić information content (AvgIpc) is 2.39. The topological polar surface area (TPSA) is 116 Å². The first kappa shape index (κ1) is 14.8. The summed E-state index contributed by atoms with van der Waals surface area (Å²) >= 11 is 5.92. The number of rotatable bonds is 4. The Kier molecular flexibility index (Phi) is 4.08. The molecule has 0 bridgehead atoms. The van der Waals surface area contributed by atoms with E-state index in [1.807, 2.05) is 0 Å². The maximum absolute atomic E-state index is 11.1. The molecule has 0 saturated carbocycles. The molecule has 2 rings (SSSR count). The summed E-state index contributed by atoms with van der Waals surface area (Å²) in [6.07, 6.45) is 0. The lowest BCUT2D eigenvalue weighted by Gasteiger charge is -2.10. The van der Waals surface area contributed by atoms with Gasteiger partial charge < -0.3 is 15.8 Å². The first-order chi connectivity index (χ1) is 9.92. The number of halogens is 1. The van der Waals surface area contributed by atoms with Gasteiger partial charge in [0.1, 0.15) is 11.4 Å². The zero-order valence-electron chi connectivity index (χ0n) is 11.3. The Bertz CT molecular complexity index is 708. The fourth-order valence-electron chi connectivity index (χ4n) is 1.77. The van der Waals surface area contributed by atoms with Crippen molar-refractivity contribution in [1.82, 2.24) is 9.97 Å². The number of nitrogens with one attached hydrogen (secondary N) is 1. The van der Waals surface area contributed by atoms with E-state index in [4.69, 9.17) is 22.1 Å². The highest BCUT2D eigenvalue weighted by Crippen LogP contribution is 2.32. The molecule has 0 fully saturated rings. The number of nitrogens with two attached hydrogens (primary N) is 1. The van der Waals surface area contributed by atoms with Gasteiger partial charge in [0.05, 0.1) is 17.1 Å². The van der Waals surface area contributed by atoms with Gasteiger partial charge in [-0.25, -0.2) is 4.98 Å². The van der Waals surface area contributed by atoms with Gasteiger partial charge in [-0.2, -0.15) is 4.98 Å². The predicted molar refractivity (Wildman–Crippen MR) is 79.1 cm³/mol. The molecule has 110 valence electrons. The summed E-state index contributed by atoms with van der Waals surface area (Å²) < 4.78 is 5.09. The molecule has 0 saturated heterocycles. The highest BCUT2D eigenvalue weighted by molar-refractivity contribution is 6.32. The molecule has 0 atom stereocenters. The van der Waals surface area contributed by atoms with Crippen LogP contribution in [0.5, 0.6) is 5.75 Å². The molecule has 21 heavy (non-hydrogen) atoms. The van der Waals surface area contributed by atoms with E-state index in [1.54, 1.807) is 18.2 Å². The van der Waals surface area contributed by atoms with Crippen LogP contribution in [0, 0.1) is 17.0 Å². The summed E-state index contributed by atoms with van der Waals surface area (Å²) in [5.74, 6) is 0.388. The number of nitro groups is 1. The molecule has 1 heterocycles. The summed E-state index contributed by atoms with van der Waals surface area (Å²) in [6, 6.07) is 4.84. The Morgan fingerprint density at radius 2 is 2.14 bits per heavy atom. The van der Waals surface area contributed by atoms with Crippen LogP contribution in [0.1, 0.15) is 5.69 Å². The molecule has 2 aromatic rings. The SMILES string of the molecule is COc1cc(Nc2nc(N)nc(C)c2[N+](=O)[O-])ccc1Cl. The highest BCUT2D eigenvalue weighted by atomic mass is 35.5. The first-order valence-electron chi connectivity index (χ1n) is 5.81. The maximum Gasteiger partial charge on any atom is 0.332 e. The molecule has 0 spiro atoms. The minimum absolute atomic E-state index is 0.00868. The second-order valence-electron chi connectivity index (χ2n) is 4.10. The molecule has 0 radical (unpaired) electrons. The van der Waals surface area contributed by atoms with Gasteiger partial charge in [-0.1, -0.05) is 11.6 Å². The van der Waals surface area contributed by atoms with Gasteiger partial charge in [-0.3, -0.25) is 10.1 Å². The standard InChI is InChI=1S/C12H12ClN5O3/c1-6-10(18(19)20)11(17-12(14)15-6)16-7-3-4-8(13)9(5-7)21-2/h3-5H,1-2H3,(H3,14,15,16,17). The average molecular weight is 310 g/mol. The third-order valence-corrected chi connectivity index (χ3v) is 2.98. The Hall–Kier alpha value is -2.61. The number of hydrogen-bond acceptors (Lipinski definition) is 7. The molecular weight excluding hydrogens is 298 g/mol. The molecule has 3 N–H and O–H groups in total. The smallest absolute Gasteiger partial charge is 0.332 e. The quantitative estimate of drug-likeness (QED) is 0.658. The van der Waals surface area contributed by atoms with Gasteiger partial charge in [0.2, 0.25) is 11.8 Å². The van der Waals surface area contributed by atoms with Crippen molar-refractivity contribution in [3.05, 3.63) is 39.0 Å². The van der Waals surface area contributed by atoms with Crippen molar-refractivity contribution in [2.24, 2.45) is 0 Å². The maximum atomic E-state index is 11.1. The van der Waals surface area contributed by atoms with Crippen molar-refractivity contribution in [3.8, 4) is 5.75 Å². The van der Waals surface area contributed by atoms with Crippen LogP contribution in [-0.2, 0) is 0 Å². The van der Waals surface area contributed by atoms with Gasteiger partial charge in [-0.05, 0) is 19.1 Å². The van der Waals surface area contributed by atoms with Crippen molar-refractivity contribution >= 4 is 34.7 Å². The number of hydrogen-bond donors (Lipinski definition) is 2. The number of nitrogens with zero attached hydrogens (tertiary/aromatic N) is 3. The Balaban J connectivity index is 2.46. The molecule has 0 aliphatic heterocycles. The largest absolute Gasteiger partial charge is 0.495 e. The Morgan fingerprint density at radius 1 is 1.43 bits per heavy atom. The minimum Gasteiger partial charge on any atom is -0.495 e. The molecule has 1 aromatic heterocycles.